The predicted molar refractivity (Wildman–Crippen MR) is 69.5 cm³/mol. The lowest BCUT2D eigenvalue weighted by atomic mass is 9.98. The van der Waals surface area contributed by atoms with Crippen LogP contribution in [0, 0.1) is 0 Å². The van der Waals surface area contributed by atoms with E-state index in [4.69, 9.17) is 11.6 Å². The van der Waals surface area contributed by atoms with Gasteiger partial charge in [-0.1, -0.05) is 29.8 Å². The highest BCUT2D eigenvalue weighted by atomic mass is 35.5. The molecule has 0 aliphatic carbocycles. The molecule has 3 rings (SSSR count). The molecule has 0 aromatic heterocycles. The molecule has 3 nitrogen and oxygen atoms in total. The first kappa shape index (κ1) is 11.1. The van der Waals surface area contributed by atoms with Crippen LogP contribution in [0.15, 0.2) is 58.8 Å². The van der Waals surface area contributed by atoms with Gasteiger partial charge in [0.05, 0.1) is 5.69 Å². The number of hydrogen-bond acceptors (Lipinski definition) is 3. The Labute approximate surface area is 109 Å². The highest BCUT2D eigenvalue weighted by Crippen LogP contribution is 2.37. The van der Waals surface area contributed by atoms with Crippen LogP contribution < -0.4 is 0 Å². The first-order valence-electron chi connectivity index (χ1n) is 5.55. The van der Waals surface area contributed by atoms with E-state index in [0.717, 1.165) is 11.3 Å². The summed E-state index contributed by atoms with van der Waals surface area (Å²) in [4.78, 5) is 12.3. The molecule has 0 saturated carbocycles. The van der Waals surface area contributed by atoms with E-state index >= 15 is 0 Å². The number of fused-ring (bicyclic) bond motifs is 1. The summed E-state index contributed by atoms with van der Waals surface area (Å²) < 4.78 is 0. The maximum Gasteiger partial charge on any atom is 0.193 e. The molecule has 2 aromatic carbocycles. The predicted octanol–water partition coefficient (Wildman–Crippen LogP) is 4.36. The van der Waals surface area contributed by atoms with E-state index in [0.29, 0.717) is 10.6 Å². The Morgan fingerprint density at radius 3 is 2.56 bits per heavy atom. The van der Waals surface area contributed by atoms with Crippen molar-refractivity contribution in [1.29, 1.82) is 0 Å². The standard InChI is InChI=1S/C14H9ClN2O/c15-10-7-5-9(6-8-10)14(18)13-11-3-1-2-4-12(11)16-17-13/h1-8,13H. The van der Waals surface area contributed by atoms with Crippen molar-refractivity contribution in [3.05, 3.63) is 64.7 Å². The Morgan fingerprint density at radius 1 is 1.06 bits per heavy atom. The van der Waals surface area contributed by atoms with E-state index in [-0.39, 0.29) is 5.78 Å². The molecule has 0 radical (unpaired) electrons. The Hall–Kier alpha value is -2.00. The first-order chi connectivity index (χ1) is 8.75. The lowest BCUT2D eigenvalue weighted by Gasteiger charge is -2.06. The molecule has 88 valence electrons. The molecule has 0 amide bonds. The number of rotatable bonds is 2. The lowest BCUT2D eigenvalue weighted by molar-refractivity contribution is 0.0962. The molecule has 0 spiro atoms. The van der Waals surface area contributed by atoms with Crippen LogP contribution in [0.5, 0.6) is 0 Å². The zero-order valence-corrected chi connectivity index (χ0v) is 10.1. The van der Waals surface area contributed by atoms with Gasteiger partial charge in [-0.3, -0.25) is 4.79 Å². The molecule has 1 aliphatic rings. The zero-order chi connectivity index (χ0) is 12.5. The number of halogens is 1. The van der Waals surface area contributed by atoms with Gasteiger partial charge in [-0.15, -0.1) is 0 Å². The third-order valence-corrected chi connectivity index (χ3v) is 3.14. The summed E-state index contributed by atoms with van der Waals surface area (Å²) >= 11 is 5.80. The van der Waals surface area contributed by atoms with Gasteiger partial charge in [0.15, 0.2) is 11.8 Å². The second kappa shape index (κ2) is 4.35. The highest BCUT2D eigenvalue weighted by molar-refractivity contribution is 6.30. The largest absolute Gasteiger partial charge is 0.291 e. The van der Waals surface area contributed by atoms with Crippen LogP contribution in [0.4, 0.5) is 5.69 Å². The smallest absolute Gasteiger partial charge is 0.193 e. The number of nitrogens with zero attached hydrogens (tertiary/aromatic N) is 2. The molecule has 1 heterocycles. The molecule has 2 aromatic rings. The fraction of sp³-hybridized carbons (Fsp3) is 0.0714. The topological polar surface area (TPSA) is 41.8 Å². The summed E-state index contributed by atoms with van der Waals surface area (Å²) in [6.07, 6.45) is 0. The third kappa shape index (κ3) is 1.83. The Morgan fingerprint density at radius 2 is 1.78 bits per heavy atom. The van der Waals surface area contributed by atoms with Crippen LogP contribution in [-0.2, 0) is 0 Å². The van der Waals surface area contributed by atoms with Crippen molar-refractivity contribution >= 4 is 23.1 Å². The van der Waals surface area contributed by atoms with E-state index < -0.39 is 6.04 Å². The fourth-order valence-electron chi connectivity index (χ4n) is 1.96. The van der Waals surface area contributed by atoms with Crippen LogP contribution in [0.25, 0.3) is 0 Å². The van der Waals surface area contributed by atoms with Crippen molar-refractivity contribution < 1.29 is 4.79 Å². The third-order valence-electron chi connectivity index (χ3n) is 2.89. The molecule has 0 fully saturated rings. The first-order valence-corrected chi connectivity index (χ1v) is 5.93. The van der Waals surface area contributed by atoms with E-state index in [2.05, 4.69) is 10.2 Å². The van der Waals surface area contributed by atoms with Gasteiger partial charge in [0.1, 0.15) is 0 Å². The Balaban J connectivity index is 1.96. The minimum atomic E-state index is -0.526. The van der Waals surface area contributed by atoms with Crippen LogP contribution in [0.2, 0.25) is 5.02 Å². The van der Waals surface area contributed by atoms with E-state index in [9.17, 15) is 4.79 Å². The number of carbonyl (C=O) groups excluding carboxylic acids is 1. The molecule has 1 atom stereocenters. The minimum Gasteiger partial charge on any atom is -0.291 e. The molecule has 18 heavy (non-hydrogen) atoms. The molecule has 4 heteroatoms. The van der Waals surface area contributed by atoms with Crippen LogP contribution >= 0.6 is 11.6 Å². The molecular weight excluding hydrogens is 248 g/mol. The molecular formula is C14H9ClN2O. The number of benzene rings is 2. The quantitative estimate of drug-likeness (QED) is 0.736. The summed E-state index contributed by atoms with van der Waals surface area (Å²) in [5.41, 5.74) is 2.22. The number of Topliss-reactive ketones (excluding diaryl/α,β-unsaturated/α-hetero) is 1. The average Bonchev–Trinajstić information content (AvgIpc) is 2.82. The van der Waals surface area contributed by atoms with E-state index in [1.165, 1.54) is 0 Å². The van der Waals surface area contributed by atoms with Gasteiger partial charge in [-0.05, 0) is 30.3 Å². The molecule has 1 unspecified atom stereocenters. The monoisotopic (exact) mass is 256 g/mol. The van der Waals surface area contributed by atoms with Gasteiger partial charge in [-0.2, -0.15) is 10.2 Å². The number of carbonyl (C=O) groups is 1. The van der Waals surface area contributed by atoms with Gasteiger partial charge in [0.25, 0.3) is 0 Å². The van der Waals surface area contributed by atoms with Crippen molar-refractivity contribution in [3.63, 3.8) is 0 Å². The number of hydrogen-bond donors (Lipinski definition) is 0. The van der Waals surface area contributed by atoms with Crippen molar-refractivity contribution in [1.82, 2.24) is 0 Å². The van der Waals surface area contributed by atoms with Gasteiger partial charge < -0.3 is 0 Å². The molecule has 0 saturated heterocycles. The second-order valence-corrected chi connectivity index (χ2v) is 4.48. The van der Waals surface area contributed by atoms with Crippen molar-refractivity contribution in [2.45, 2.75) is 6.04 Å². The van der Waals surface area contributed by atoms with Gasteiger partial charge >= 0.3 is 0 Å². The summed E-state index contributed by atoms with van der Waals surface area (Å²) in [7, 11) is 0. The summed E-state index contributed by atoms with van der Waals surface area (Å²) in [5.74, 6) is -0.0552. The van der Waals surface area contributed by atoms with Crippen molar-refractivity contribution in [2.75, 3.05) is 0 Å². The summed E-state index contributed by atoms with van der Waals surface area (Å²) in [6, 6.07) is 13.8. The molecule has 0 bridgehead atoms. The van der Waals surface area contributed by atoms with Crippen LogP contribution in [0.1, 0.15) is 22.0 Å². The average molecular weight is 257 g/mol. The summed E-state index contributed by atoms with van der Waals surface area (Å²) in [5, 5.41) is 8.68. The fourth-order valence-corrected chi connectivity index (χ4v) is 2.08. The minimum absolute atomic E-state index is 0.0552. The van der Waals surface area contributed by atoms with E-state index in [1.807, 2.05) is 24.3 Å². The Bertz CT molecular complexity index is 634. The van der Waals surface area contributed by atoms with E-state index in [1.54, 1.807) is 24.3 Å². The van der Waals surface area contributed by atoms with Crippen molar-refractivity contribution in [2.24, 2.45) is 10.2 Å². The maximum atomic E-state index is 12.3. The highest BCUT2D eigenvalue weighted by Gasteiger charge is 2.27. The lowest BCUT2D eigenvalue weighted by Crippen LogP contribution is -2.08. The van der Waals surface area contributed by atoms with Gasteiger partial charge in [0.2, 0.25) is 0 Å². The van der Waals surface area contributed by atoms with Gasteiger partial charge in [0, 0.05) is 16.1 Å². The summed E-state index contributed by atoms with van der Waals surface area (Å²) in [6.45, 7) is 0. The Kier molecular flexibility index (Phi) is 2.68. The zero-order valence-electron chi connectivity index (χ0n) is 9.38. The number of ketones is 1. The maximum absolute atomic E-state index is 12.3. The molecule has 0 N–H and O–H groups in total. The normalized spacial score (nSPS) is 16.6. The van der Waals surface area contributed by atoms with Crippen LogP contribution in [-0.4, -0.2) is 5.78 Å². The second-order valence-electron chi connectivity index (χ2n) is 4.05. The van der Waals surface area contributed by atoms with Crippen molar-refractivity contribution in [3.8, 4) is 0 Å². The SMILES string of the molecule is O=C(c1ccc(Cl)cc1)C1N=Nc2ccccc21. The molecule has 1 aliphatic heterocycles. The number of azo groups is 1. The van der Waals surface area contributed by atoms with Gasteiger partial charge in [-0.25, -0.2) is 0 Å². The van der Waals surface area contributed by atoms with Crippen LogP contribution in [0.3, 0.4) is 0 Å².